The van der Waals surface area contributed by atoms with Gasteiger partial charge in [-0.3, -0.25) is 0 Å². The Labute approximate surface area is 101 Å². The first-order valence-corrected chi connectivity index (χ1v) is 6.18. The topological polar surface area (TPSA) is 0 Å². The van der Waals surface area contributed by atoms with Gasteiger partial charge in [0.2, 0.25) is 5.92 Å². The smallest absolute Gasteiger partial charge is 0.207 e. The van der Waals surface area contributed by atoms with Crippen molar-refractivity contribution in [2.75, 3.05) is 0 Å². The van der Waals surface area contributed by atoms with Crippen molar-refractivity contribution in [2.24, 2.45) is 0 Å². The zero-order valence-electron chi connectivity index (χ0n) is 10.6. The zero-order valence-corrected chi connectivity index (χ0v) is 10.6. The molecule has 0 nitrogen and oxygen atoms in total. The fraction of sp³-hybridized carbons (Fsp3) is 0.571. The van der Waals surface area contributed by atoms with Crippen molar-refractivity contribution >= 4 is 0 Å². The van der Waals surface area contributed by atoms with Crippen LogP contribution in [0.3, 0.4) is 0 Å². The molecule has 0 aromatic heterocycles. The van der Waals surface area contributed by atoms with Gasteiger partial charge in [-0.2, -0.15) is 0 Å². The van der Waals surface area contributed by atoms with Crippen LogP contribution in [-0.4, -0.2) is 5.92 Å². The molecule has 1 fully saturated rings. The highest BCUT2D eigenvalue weighted by Gasteiger charge is 2.46. The lowest BCUT2D eigenvalue weighted by Gasteiger charge is -2.35. The maximum Gasteiger partial charge on any atom is 0.249 e. The van der Waals surface area contributed by atoms with E-state index in [1.54, 1.807) is 6.07 Å². The van der Waals surface area contributed by atoms with Gasteiger partial charge in [-0.1, -0.05) is 32.9 Å². The Hall–Kier alpha value is -0.990. The second-order valence-electron chi connectivity index (χ2n) is 4.17. The van der Waals surface area contributed by atoms with Crippen molar-refractivity contribution in [3.05, 3.63) is 35.1 Å². The molecule has 1 aromatic carbocycles. The lowest BCUT2D eigenvalue weighted by atomic mass is 9.76. The number of hydrogen-bond acceptors (Lipinski definition) is 0. The second kappa shape index (κ2) is 5.56. The van der Waals surface area contributed by atoms with Crippen LogP contribution in [0, 0.1) is 5.82 Å². The standard InChI is InChI=1S/C12H13F3.C2H6/c1-2-8-3-4-10(11(13)5-8)9-6-12(14,15)7-9;1-2/h3-5,9H,2,6-7H2,1H3;1-2H3. The van der Waals surface area contributed by atoms with Crippen molar-refractivity contribution in [2.45, 2.75) is 51.9 Å². The molecule has 96 valence electrons. The van der Waals surface area contributed by atoms with E-state index in [-0.39, 0.29) is 24.6 Å². The normalized spacial score (nSPS) is 18.0. The van der Waals surface area contributed by atoms with Crippen molar-refractivity contribution in [1.82, 2.24) is 0 Å². The zero-order chi connectivity index (χ0) is 13.1. The number of aryl methyl sites for hydroxylation is 1. The van der Waals surface area contributed by atoms with E-state index in [2.05, 4.69) is 0 Å². The molecule has 17 heavy (non-hydrogen) atoms. The fourth-order valence-corrected chi connectivity index (χ4v) is 2.00. The molecule has 0 aliphatic heterocycles. The second-order valence-corrected chi connectivity index (χ2v) is 4.17. The molecule has 3 heteroatoms. The van der Waals surface area contributed by atoms with Gasteiger partial charge in [-0.15, -0.1) is 0 Å². The molecule has 0 saturated heterocycles. The Morgan fingerprint density at radius 3 is 2.24 bits per heavy atom. The molecule has 2 rings (SSSR count). The molecule has 1 aromatic rings. The maximum absolute atomic E-state index is 13.5. The van der Waals surface area contributed by atoms with E-state index in [1.807, 2.05) is 26.8 Å². The van der Waals surface area contributed by atoms with Crippen LogP contribution in [0.2, 0.25) is 0 Å². The summed E-state index contributed by atoms with van der Waals surface area (Å²) in [5.41, 5.74) is 1.35. The van der Waals surface area contributed by atoms with Gasteiger partial charge in [0.05, 0.1) is 0 Å². The Morgan fingerprint density at radius 2 is 1.82 bits per heavy atom. The number of benzene rings is 1. The molecule has 1 aliphatic rings. The molecule has 0 bridgehead atoms. The van der Waals surface area contributed by atoms with E-state index < -0.39 is 5.92 Å². The Bertz CT molecular complexity index is 364. The third kappa shape index (κ3) is 3.24. The SMILES string of the molecule is CC.CCc1ccc(C2CC(F)(F)C2)c(F)c1. The lowest BCUT2D eigenvalue weighted by molar-refractivity contribution is -0.0873. The van der Waals surface area contributed by atoms with Gasteiger partial charge in [0.1, 0.15) is 5.82 Å². The van der Waals surface area contributed by atoms with Gasteiger partial charge in [0.25, 0.3) is 0 Å². The van der Waals surface area contributed by atoms with E-state index in [0.29, 0.717) is 5.56 Å². The van der Waals surface area contributed by atoms with E-state index in [1.165, 1.54) is 6.07 Å². The van der Waals surface area contributed by atoms with Crippen LogP contribution in [0.25, 0.3) is 0 Å². The van der Waals surface area contributed by atoms with E-state index in [0.717, 1.165) is 12.0 Å². The summed E-state index contributed by atoms with van der Waals surface area (Å²) in [6.45, 7) is 5.94. The summed E-state index contributed by atoms with van der Waals surface area (Å²) < 4.78 is 38.8. The van der Waals surface area contributed by atoms with Crippen LogP contribution in [0.5, 0.6) is 0 Å². The maximum atomic E-state index is 13.5. The number of rotatable bonds is 2. The molecule has 0 radical (unpaired) electrons. The summed E-state index contributed by atoms with van der Waals surface area (Å²) in [7, 11) is 0. The molecular formula is C14H19F3. The van der Waals surface area contributed by atoms with Crippen molar-refractivity contribution < 1.29 is 13.2 Å². The molecule has 0 unspecified atom stereocenters. The first kappa shape index (κ1) is 14.1. The lowest BCUT2D eigenvalue weighted by Crippen LogP contribution is -2.34. The Morgan fingerprint density at radius 1 is 1.24 bits per heavy atom. The highest BCUT2D eigenvalue weighted by Crippen LogP contribution is 2.48. The summed E-state index contributed by atoms with van der Waals surface area (Å²) in [6, 6.07) is 4.91. The van der Waals surface area contributed by atoms with Crippen LogP contribution < -0.4 is 0 Å². The fourth-order valence-electron chi connectivity index (χ4n) is 2.00. The first-order valence-electron chi connectivity index (χ1n) is 6.18. The molecule has 0 N–H and O–H groups in total. The average molecular weight is 244 g/mol. The summed E-state index contributed by atoms with van der Waals surface area (Å²) >= 11 is 0. The van der Waals surface area contributed by atoms with Crippen molar-refractivity contribution in [3.8, 4) is 0 Å². The van der Waals surface area contributed by atoms with Gasteiger partial charge in [0, 0.05) is 12.8 Å². The minimum atomic E-state index is -2.58. The summed E-state index contributed by atoms with van der Waals surface area (Å²) in [5.74, 6) is -3.22. The third-order valence-electron chi connectivity index (χ3n) is 3.00. The van der Waals surface area contributed by atoms with Gasteiger partial charge in [-0.25, -0.2) is 13.2 Å². The van der Waals surface area contributed by atoms with Crippen LogP contribution in [0.1, 0.15) is 50.7 Å². The molecule has 1 aliphatic carbocycles. The van der Waals surface area contributed by atoms with Crippen LogP contribution in [0.4, 0.5) is 13.2 Å². The molecule has 0 heterocycles. The summed E-state index contributed by atoms with van der Waals surface area (Å²) in [6.07, 6.45) is 0.336. The van der Waals surface area contributed by atoms with E-state index in [4.69, 9.17) is 0 Å². The average Bonchev–Trinajstić information content (AvgIpc) is 2.28. The number of halogens is 3. The summed E-state index contributed by atoms with van der Waals surface area (Å²) in [4.78, 5) is 0. The van der Waals surface area contributed by atoms with Crippen molar-refractivity contribution in [3.63, 3.8) is 0 Å². The van der Waals surface area contributed by atoms with Crippen molar-refractivity contribution in [1.29, 1.82) is 0 Å². The highest BCUT2D eigenvalue weighted by atomic mass is 19.3. The first-order chi connectivity index (χ1) is 8.02. The predicted octanol–water partition coefficient (Wildman–Crippen LogP) is 4.93. The van der Waals surface area contributed by atoms with Crippen LogP contribution >= 0.6 is 0 Å². The number of hydrogen-bond donors (Lipinski definition) is 0. The molecule has 0 amide bonds. The van der Waals surface area contributed by atoms with Gasteiger partial charge >= 0.3 is 0 Å². The molecule has 0 spiro atoms. The predicted molar refractivity (Wildman–Crippen MR) is 64.0 cm³/mol. The summed E-state index contributed by atoms with van der Waals surface area (Å²) in [5, 5.41) is 0. The molecule has 1 saturated carbocycles. The monoisotopic (exact) mass is 244 g/mol. The largest absolute Gasteiger partial charge is 0.249 e. The number of alkyl halides is 2. The Kier molecular flexibility index (Phi) is 4.61. The third-order valence-corrected chi connectivity index (χ3v) is 3.00. The highest BCUT2D eigenvalue weighted by molar-refractivity contribution is 5.29. The van der Waals surface area contributed by atoms with Gasteiger partial charge < -0.3 is 0 Å². The van der Waals surface area contributed by atoms with Gasteiger partial charge in [-0.05, 0) is 29.5 Å². The van der Waals surface area contributed by atoms with E-state index in [9.17, 15) is 13.2 Å². The quantitative estimate of drug-likeness (QED) is 0.692. The Balaban J connectivity index is 0.000000686. The minimum absolute atomic E-state index is 0.213. The van der Waals surface area contributed by atoms with Gasteiger partial charge in [0.15, 0.2) is 0 Å². The van der Waals surface area contributed by atoms with Crippen LogP contribution in [0.15, 0.2) is 18.2 Å². The van der Waals surface area contributed by atoms with E-state index >= 15 is 0 Å². The molecular weight excluding hydrogens is 225 g/mol. The minimum Gasteiger partial charge on any atom is -0.207 e. The molecule has 0 atom stereocenters. The van der Waals surface area contributed by atoms with Crippen LogP contribution in [-0.2, 0) is 6.42 Å².